The van der Waals surface area contributed by atoms with Gasteiger partial charge in [0, 0.05) is 40.1 Å². The van der Waals surface area contributed by atoms with Crippen molar-refractivity contribution in [2.45, 2.75) is 0 Å². The number of fused-ring (bicyclic) bond motifs is 1. The molecule has 0 N–H and O–H groups in total. The molecule has 0 aliphatic carbocycles. The third-order valence-electron chi connectivity index (χ3n) is 4.83. The number of halogens is 1. The van der Waals surface area contributed by atoms with Gasteiger partial charge >= 0.3 is 0 Å². The Bertz CT molecular complexity index is 1340. The van der Waals surface area contributed by atoms with Crippen LogP contribution in [0.5, 0.6) is 0 Å². The third kappa shape index (κ3) is 3.73. The maximum atomic E-state index is 6.12. The van der Waals surface area contributed by atoms with Gasteiger partial charge in [-0.25, -0.2) is 9.67 Å². The van der Waals surface area contributed by atoms with Crippen LogP contribution in [-0.4, -0.2) is 19.7 Å². The Hall–Kier alpha value is -3.76. The van der Waals surface area contributed by atoms with Crippen LogP contribution in [0.1, 0.15) is 11.3 Å². The number of rotatable bonds is 4. The van der Waals surface area contributed by atoms with Gasteiger partial charge in [-0.1, -0.05) is 41.9 Å². The minimum Gasteiger partial charge on any atom is -0.265 e. The molecule has 0 atom stereocenters. The lowest BCUT2D eigenvalue weighted by molar-refractivity contribution is 0.884. The highest BCUT2D eigenvalue weighted by Gasteiger charge is 2.10. The van der Waals surface area contributed by atoms with Crippen LogP contribution in [-0.2, 0) is 0 Å². The van der Waals surface area contributed by atoms with Crippen LogP contribution >= 0.6 is 11.6 Å². The highest BCUT2D eigenvalue weighted by molar-refractivity contribution is 6.31. The summed E-state index contributed by atoms with van der Waals surface area (Å²) in [6, 6.07) is 23.8. The minimum atomic E-state index is 0.681. The lowest BCUT2D eigenvalue weighted by Gasteiger charge is -2.00. The van der Waals surface area contributed by atoms with Crippen LogP contribution < -0.4 is 0 Å². The van der Waals surface area contributed by atoms with Crippen LogP contribution in [0.25, 0.3) is 40.0 Å². The molecule has 3 aromatic heterocycles. The molecule has 0 radical (unpaired) electrons. The molecule has 0 bridgehead atoms. The first kappa shape index (κ1) is 18.3. The number of hydrogen-bond donors (Lipinski definition) is 0. The van der Waals surface area contributed by atoms with Crippen LogP contribution in [0.3, 0.4) is 0 Å². The highest BCUT2D eigenvalue weighted by atomic mass is 35.5. The van der Waals surface area contributed by atoms with Crippen molar-refractivity contribution in [1.29, 1.82) is 0 Å². The minimum absolute atomic E-state index is 0.681. The van der Waals surface area contributed by atoms with E-state index in [9.17, 15) is 0 Å². The molecule has 2 aromatic carbocycles. The Kier molecular flexibility index (Phi) is 4.83. The van der Waals surface area contributed by atoms with Crippen LogP contribution in [0.2, 0.25) is 5.02 Å². The Morgan fingerprint density at radius 3 is 2.47 bits per heavy atom. The average Bonchev–Trinajstić information content (AvgIpc) is 3.23. The number of pyridine rings is 2. The van der Waals surface area contributed by atoms with Crippen molar-refractivity contribution in [3.8, 4) is 16.9 Å². The molecule has 0 saturated heterocycles. The maximum Gasteiger partial charge on any atom is 0.100 e. The monoisotopic (exact) mass is 408 g/mol. The Morgan fingerprint density at radius 1 is 0.833 bits per heavy atom. The molecule has 5 rings (SSSR count). The molecule has 0 aliphatic rings. The van der Waals surface area contributed by atoms with Gasteiger partial charge in [0.15, 0.2) is 0 Å². The fourth-order valence-corrected chi connectivity index (χ4v) is 3.50. The molecule has 4 nitrogen and oxygen atoms in total. The summed E-state index contributed by atoms with van der Waals surface area (Å²) in [6.45, 7) is 0. The molecule has 5 heteroatoms. The summed E-state index contributed by atoms with van der Waals surface area (Å²) >= 11 is 6.12. The van der Waals surface area contributed by atoms with E-state index in [1.165, 1.54) is 0 Å². The van der Waals surface area contributed by atoms with Crippen molar-refractivity contribution < 1.29 is 0 Å². The molecule has 30 heavy (non-hydrogen) atoms. The predicted molar refractivity (Wildman–Crippen MR) is 122 cm³/mol. The standard InChI is InChI=1S/C25H17ClN4/c26-21-9-6-18-7-10-22(28-24(18)16-21)11-8-20-17-30(23-4-2-1-3-5-23)29-25(20)19-12-14-27-15-13-19/h1-17H/b11-8+. The van der Waals surface area contributed by atoms with Crippen LogP contribution in [0.15, 0.2) is 91.4 Å². The fraction of sp³-hybridized carbons (Fsp3) is 0. The van der Waals surface area contributed by atoms with Gasteiger partial charge in [0.05, 0.1) is 16.9 Å². The first-order valence-corrected chi connectivity index (χ1v) is 9.94. The van der Waals surface area contributed by atoms with Gasteiger partial charge in [-0.2, -0.15) is 5.10 Å². The topological polar surface area (TPSA) is 43.6 Å². The number of benzene rings is 2. The van der Waals surface area contributed by atoms with E-state index in [-0.39, 0.29) is 0 Å². The number of nitrogens with zero attached hydrogens (tertiary/aromatic N) is 4. The van der Waals surface area contributed by atoms with Gasteiger partial charge in [-0.3, -0.25) is 4.98 Å². The molecule has 0 aliphatic heterocycles. The van der Waals surface area contributed by atoms with E-state index in [1.54, 1.807) is 12.4 Å². The fourth-order valence-electron chi connectivity index (χ4n) is 3.33. The molecule has 0 fully saturated rings. The second-order valence-electron chi connectivity index (χ2n) is 6.86. The quantitative estimate of drug-likeness (QED) is 0.350. The van der Waals surface area contributed by atoms with E-state index >= 15 is 0 Å². The highest BCUT2D eigenvalue weighted by Crippen LogP contribution is 2.25. The van der Waals surface area contributed by atoms with Crippen molar-refractivity contribution in [2.24, 2.45) is 0 Å². The number of aromatic nitrogens is 4. The van der Waals surface area contributed by atoms with E-state index in [0.29, 0.717) is 5.02 Å². The summed E-state index contributed by atoms with van der Waals surface area (Å²) in [7, 11) is 0. The molecular formula is C25H17ClN4. The third-order valence-corrected chi connectivity index (χ3v) is 5.06. The largest absolute Gasteiger partial charge is 0.265 e. The maximum absolute atomic E-state index is 6.12. The van der Waals surface area contributed by atoms with E-state index in [1.807, 2.05) is 89.8 Å². The lowest BCUT2D eigenvalue weighted by Crippen LogP contribution is -1.93. The SMILES string of the molecule is Clc1ccc2ccc(/C=C/c3cn(-c4ccccc4)nc3-c3ccncc3)nc2c1. The molecule has 0 unspecified atom stereocenters. The molecule has 0 saturated carbocycles. The summed E-state index contributed by atoms with van der Waals surface area (Å²) < 4.78 is 1.89. The molecule has 3 heterocycles. The second-order valence-corrected chi connectivity index (χ2v) is 7.29. The molecular weight excluding hydrogens is 392 g/mol. The zero-order chi connectivity index (χ0) is 20.3. The van der Waals surface area contributed by atoms with Gasteiger partial charge in [-0.05, 0) is 54.6 Å². The van der Waals surface area contributed by atoms with Gasteiger partial charge < -0.3 is 0 Å². The van der Waals surface area contributed by atoms with Crippen molar-refractivity contribution in [3.63, 3.8) is 0 Å². The first-order valence-electron chi connectivity index (χ1n) is 9.56. The van der Waals surface area contributed by atoms with Gasteiger partial charge in [0.1, 0.15) is 5.69 Å². The van der Waals surface area contributed by atoms with E-state index < -0.39 is 0 Å². The van der Waals surface area contributed by atoms with Crippen molar-refractivity contribution in [3.05, 3.63) is 108 Å². The van der Waals surface area contributed by atoms with Crippen molar-refractivity contribution in [2.75, 3.05) is 0 Å². The van der Waals surface area contributed by atoms with Gasteiger partial charge in [0.25, 0.3) is 0 Å². The zero-order valence-electron chi connectivity index (χ0n) is 16.0. The molecule has 5 aromatic rings. The Morgan fingerprint density at radius 2 is 1.63 bits per heavy atom. The number of para-hydroxylation sites is 1. The van der Waals surface area contributed by atoms with Crippen molar-refractivity contribution >= 4 is 34.7 Å². The van der Waals surface area contributed by atoms with Crippen LogP contribution in [0.4, 0.5) is 0 Å². The smallest absolute Gasteiger partial charge is 0.100 e. The Balaban J connectivity index is 1.57. The molecule has 0 spiro atoms. The van der Waals surface area contributed by atoms with Crippen LogP contribution in [0, 0.1) is 0 Å². The summed E-state index contributed by atoms with van der Waals surface area (Å²) in [5.41, 5.74) is 5.64. The molecule has 144 valence electrons. The predicted octanol–water partition coefficient (Wildman–Crippen LogP) is 6.31. The second kappa shape index (κ2) is 7.93. The van der Waals surface area contributed by atoms with E-state index in [0.717, 1.165) is 39.1 Å². The van der Waals surface area contributed by atoms with Gasteiger partial charge in [0.2, 0.25) is 0 Å². The summed E-state index contributed by atoms with van der Waals surface area (Å²) in [5, 5.41) is 6.57. The summed E-state index contributed by atoms with van der Waals surface area (Å²) in [4.78, 5) is 8.83. The summed E-state index contributed by atoms with van der Waals surface area (Å²) in [6.07, 6.45) is 9.62. The van der Waals surface area contributed by atoms with Crippen molar-refractivity contribution in [1.82, 2.24) is 19.7 Å². The Labute approximate surface area is 179 Å². The normalized spacial score (nSPS) is 11.4. The molecule has 0 amide bonds. The number of hydrogen-bond acceptors (Lipinski definition) is 3. The first-order chi connectivity index (χ1) is 14.8. The lowest BCUT2D eigenvalue weighted by atomic mass is 10.1. The average molecular weight is 409 g/mol. The van der Waals surface area contributed by atoms with E-state index in [4.69, 9.17) is 21.7 Å². The summed E-state index contributed by atoms with van der Waals surface area (Å²) in [5.74, 6) is 0. The zero-order valence-corrected chi connectivity index (χ0v) is 16.7. The van der Waals surface area contributed by atoms with Gasteiger partial charge in [-0.15, -0.1) is 0 Å². The van der Waals surface area contributed by atoms with E-state index in [2.05, 4.69) is 11.1 Å².